The molecule has 63 heavy (non-hydrogen) atoms. The molecule has 14 rings (SSSR count). The van der Waals surface area contributed by atoms with Crippen LogP contribution in [0.3, 0.4) is 0 Å². The summed E-state index contributed by atoms with van der Waals surface area (Å²) >= 11 is 3.78. The molecular weight excluding hydrogens is 801 g/mol. The molecule has 3 aromatic heterocycles. The van der Waals surface area contributed by atoms with E-state index in [2.05, 4.69) is 196 Å². The van der Waals surface area contributed by atoms with Gasteiger partial charge in [0, 0.05) is 56.5 Å². The van der Waals surface area contributed by atoms with Crippen molar-refractivity contribution in [1.82, 2.24) is 0 Å². The molecule has 296 valence electrons. The van der Waals surface area contributed by atoms with E-state index in [0.29, 0.717) is 0 Å². The number of hydrogen-bond donors (Lipinski definition) is 0. The lowest BCUT2D eigenvalue weighted by molar-refractivity contribution is 0.656. The Morgan fingerprint density at radius 1 is 0.429 bits per heavy atom. The van der Waals surface area contributed by atoms with Crippen LogP contribution in [0.4, 0.5) is 0 Å². The van der Waals surface area contributed by atoms with E-state index in [4.69, 9.17) is 4.42 Å². The number of benzene rings is 10. The first-order valence-corrected chi connectivity index (χ1v) is 23.5. The molecule has 0 N–H and O–H groups in total. The number of thiophene rings is 2. The van der Waals surface area contributed by atoms with Crippen LogP contribution in [0.25, 0.3) is 117 Å². The van der Waals surface area contributed by atoms with Gasteiger partial charge in [-0.05, 0) is 132 Å². The summed E-state index contributed by atoms with van der Waals surface area (Å²) in [5.41, 5.74) is 14.8. The van der Waals surface area contributed by atoms with E-state index in [0.717, 1.165) is 17.6 Å². The molecule has 0 saturated carbocycles. The Kier molecular flexibility index (Phi) is 7.33. The smallest absolute Gasteiger partial charge is 0.135 e. The minimum Gasteiger partial charge on any atom is -0.456 e. The van der Waals surface area contributed by atoms with Crippen LogP contribution in [0.1, 0.15) is 36.1 Å². The van der Waals surface area contributed by atoms with Crippen LogP contribution in [0.15, 0.2) is 186 Å². The predicted octanol–water partition coefficient (Wildman–Crippen LogP) is 17.9. The van der Waals surface area contributed by atoms with Crippen molar-refractivity contribution in [3.8, 4) is 33.4 Å². The molecule has 3 heteroatoms. The van der Waals surface area contributed by atoms with Crippen molar-refractivity contribution >= 4 is 107 Å². The van der Waals surface area contributed by atoms with Crippen molar-refractivity contribution in [3.05, 3.63) is 204 Å². The van der Waals surface area contributed by atoms with Crippen molar-refractivity contribution in [3.63, 3.8) is 0 Å². The molecule has 10 aromatic carbocycles. The lowest BCUT2D eigenvalue weighted by atomic mass is 9.79. The fraction of sp³-hybridized carbons (Fsp3) is 0.0667. The fourth-order valence-electron chi connectivity index (χ4n) is 11.1. The molecule has 0 saturated heterocycles. The molecular formula is C60H38OS2. The minimum absolute atomic E-state index is 0.185. The normalized spacial score (nSPS) is 13.4. The second-order valence-corrected chi connectivity index (χ2v) is 20.1. The summed E-state index contributed by atoms with van der Waals surface area (Å²) in [5, 5.41) is 12.9. The van der Waals surface area contributed by atoms with Crippen LogP contribution in [-0.4, -0.2) is 0 Å². The number of fused-ring (bicyclic) bond motifs is 16. The second kappa shape index (κ2) is 13.0. The summed E-state index contributed by atoms with van der Waals surface area (Å²) < 4.78 is 11.7. The number of hydrogen-bond acceptors (Lipinski definition) is 3. The van der Waals surface area contributed by atoms with Crippen LogP contribution in [0, 0.1) is 0 Å². The summed E-state index contributed by atoms with van der Waals surface area (Å²) in [6, 6.07) is 68.4. The van der Waals surface area contributed by atoms with Gasteiger partial charge in [0.05, 0.1) is 0 Å². The Morgan fingerprint density at radius 2 is 1.11 bits per heavy atom. The maximum absolute atomic E-state index is 6.38. The van der Waals surface area contributed by atoms with Gasteiger partial charge < -0.3 is 4.42 Å². The van der Waals surface area contributed by atoms with Gasteiger partial charge in [0.1, 0.15) is 11.2 Å². The van der Waals surface area contributed by atoms with Crippen LogP contribution < -0.4 is 0 Å². The maximum Gasteiger partial charge on any atom is 0.135 e. The highest BCUT2D eigenvalue weighted by atomic mass is 32.1. The SMILES string of the molecule is CC1(C)c2cc(Cc3cc4ccc(-c5ccc6sc7ccccc7c6c5)cc4c4cc(-c5cccc6c5sc5ccccc56)ccc34)ccc2-c2ccc3oc4ccccc4c3c21. The fourth-order valence-corrected chi connectivity index (χ4v) is 13.4. The summed E-state index contributed by atoms with van der Waals surface area (Å²) in [7, 11) is 0. The van der Waals surface area contributed by atoms with Crippen LogP contribution in [-0.2, 0) is 11.8 Å². The Balaban J connectivity index is 0.938. The van der Waals surface area contributed by atoms with Crippen molar-refractivity contribution < 1.29 is 4.42 Å². The predicted molar refractivity (Wildman–Crippen MR) is 272 cm³/mol. The number of para-hydroxylation sites is 1. The van der Waals surface area contributed by atoms with Gasteiger partial charge in [-0.15, -0.1) is 22.7 Å². The van der Waals surface area contributed by atoms with E-state index in [1.807, 2.05) is 22.7 Å². The molecule has 0 fully saturated rings. The lowest BCUT2D eigenvalue weighted by Gasteiger charge is -2.23. The first-order valence-electron chi connectivity index (χ1n) is 21.8. The van der Waals surface area contributed by atoms with Crippen molar-refractivity contribution in [1.29, 1.82) is 0 Å². The third-order valence-electron chi connectivity index (χ3n) is 14.1. The van der Waals surface area contributed by atoms with Crippen LogP contribution >= 0.6 is 22.7 Å². The molecule has 0 spiro atoms. The summed E-state index contributed by atoms with van der Waals surface area (Å²) in [4.78, 5) is 0. The van der Waals surface area contributed by atoms with E-state index in [9.17, 15) is 0 Å². The Bertz CT molecular complexity index is 4100. The third-order valence-corrected chi connectivity index (χ3v) is 16.4. The van der Waals surface area contributed by atoms with E-state index < -0.39 is 0 Å². The highest BCUT2D eigenvalue weighted by molar-refractivity contribution is 7.26. The van der Waals surface area contributed by atoms with Crippen LogP contribution in [0.2, 0.25) is 0 Å². The first-order chi connectivity index (χ1) is 30.9. The first kappa shape index (κ1) is 35.5. The monoisotopic (exact) mass is 838 g/mol. The summed E-state index contributed by atoms with van der Waals surface area (Å²) in [6.07, 6.45) is 0.838. The molecule has 0 aliphatic heterocycles. The Morgan fingerprint density at radius 3 is 1.98 bits per heavy atom. The zero-order valence-electron chi connectivity index (χ0n) is 34.8. The highest BCUT2D eigenvalue weighted by Crippen LogP contribution is 2.53. The summed E-state index contributed by atoms with van der Waals surface area (Å²) in [6.45, 7) is 4.78. The molecule has 1 aliphatic carbocycles. The van der Waals surface area contributed by atoms with Crippen LogP contribution in [0.5, 0.6) is 0 Å². The van der Waals surface area contributed by atoms with Gasteiger partial charge in [-0.1, -0.05) is 147 Å². The van der Waals surface area contributed by atoms with Crippen molar-refractivity contribution in [2.45, 2.75) is 25.7 Å². The van der Waals surface area contributed by atoms with Gasteiger partial charge in [0.25, 0.3) is 0 Å². The Hall–Kier alpha value is -7.04. The molecule has 1 aliphatic rings. The standard InChI is InChI=1S/C60H38OS2/c1-60(2)51-29-34(18-23-42(51)45-25-26-53-57(58(45)60)47-12-3-6-15-52(47)61-53)28-39-30-37-20-19-35(36-22-27-56-50(32-36)44-11-5-7-16-54(44)62-56)31-48(37)49-33-38(21-24-40(39)49)41-13-9-14-46-43-10-4-8-17-55(43)63-59(41)46/h3-27,29-33H,28H2,1-2H3. The van der Waals surface area contributed by atoms with Gasteiger partial charge in [-0.25, -0.2) is 0 Å². The average molecular weight is 839 g/mol. The number of furan rings is 1. The van der Waals surface area contributed by atoms with E-state index in [-0.39, 0.29) is 5.41 Å². The zero-order valence-corrected chi connectivity index (χ0v) is 36.4. The van der Waals surface area contributed by atoms with Gasteiger partial charge >= 0.3 is 0 Å². The average Bonchev–Trinajstić information content (AvgIpc) is 4.06. The molecule has 0 bridgehead atoms. The topological polar surface area (TPSA) is 13.1 Å². The molecule has 0 amide bonds. The van der Waals surface area contributed by atoms with Gasteiger partial charge in [-0.3, -0.25) is 0 Å². The molecule has 13 aromatic rings. The van der Waals surface area contributed by atoms with Gasteiger partial charge in [0.15, 0.2) is 0 Å². The largest absolute Gasteiger partial charge is 0.456 e. The highest BCUT2D eigenvalue weighted by Gasteiger charge is 2.38. The molecule has 1 nitrogen and oxygen atoms in total. The van der Waals surface area contributed by atoms with Gasteiger partial charge in [0.2, 0.25) is 0 Å². The van der Waals surface area contributed by atoms with E-state index in [1.54, 1.807) is 0 Å². The second-order valence-electron chi connectivity index (χ2n) is 18.0. The quantitative estimate of drug-likeness (QED) is 0.161. The minimum atomic E-state index is -0.185. The molecule has 3 heterocycles. The zero-order chi connectivity index (χ0) is 41.6. The Labute approximate surface area is 372 Å². The van der Waals surface area contributed by atoms with Crippen molar-refractivity contribution in [2.75, 3.05) is 0 Å². The third kappa shape index (κ3) is 5.15. The van der Waals surface area contributed by atoms with Crippen molar-refractivity contribution in [2.24, 2.45) is 0 Å². The molecule has 0 unspecified atom stereocenters. The number of rotatable bonds is 4. The molecule has 0 radical (unpaired) electrons. The van der Waals surface area contributed by atoms with E-state index >= 15 is 0 Å². The van der Waals surface area contributed by atoms with Gasteiger partial charge in [-0.2, -0.15) is 0 Å². The molecule has 0 atom stereocenters. The van der Waals surface area contributed by atoms with E-state index in [1.165, 1.54) is 128 Å². The maximum atomic E-state index is 6.38. The summed E-state index contributed by atoms with van der Waals surface area (Å²) in [5.74, 6) is 0. The lowest BCUT2D eigenvalue weighted by Crippen LogP contribution is -2.15.